The Morgan fingerprint density at radius 3 is 2.59 bits per heavy atom. The van der Waals surface area contributed by atoms with E-state index in [4.69, 9.17) is 10.5 Å². The topological polar surface area (TPSA) is 50.5 Å². The zero-order chi connectivity index (χ0) is 12.1. The largest absolute Gasteiger partial charge is 0.380 e. The molecule has 2 aliphatic heterocycles. The molecule has 2 saturated heterocycles. The summed E-state index contributed by atoms with van der Waals surface area (Å²) in [7, 11) is 2.22. The summed E-state index contributed by atoms with van der Waals surface area (Å²) in [5.41, 5.74) is 6.03. The third kappa shape index (κ3) is 3.65. The Morgan fingerprint density at radius 1 is 1.35 bits per heavy atom. The van der Waals surface area contributed by atoms with Gasteiger partial charge in [-0.15, -0.1) is 0 Å². The minimum atomic E-state index is 0.243. The second-order valence-corrected chi connectivity index (χ2v) is 5.91. The predicted molar refractivity (Wildman–Crippen MR) is 70.0 cm³/mol. The third-order valence-electron chi connectivity index (χ3n) is 4.32. The van der Waals surface area contributed by atoms with Gasteiger partial charge >= 0.3 is 0 Å². The van der Waals surface area contributed by atoms with Gasteiger partial charge in [0.05, 0.1) is 13.2 Å². The van der Waals surface area contributed by atoms with E-state index in [2.05, 4.69) is 17.3 Å². The lowest BCUT2D eigenvalue weighted by atomic mass is 9.86. The molecule has 2 aliphatic rings. The van der Waals surface area contributed by atoms with E-state index in [1.54, 1.807) is 0 Å². The molecule has 0 amide bonds. The molecule has 0 aromatic rings. The minimum absolute atomic E-state index is 0.243. The summed E-state index contributed by atoms with van der Waals surface area (Å²) >= 11 is 0. The van der Waals surface area contributed by atoms with Gasteiger partial charge in [0.1, 0.15) is 0 Å². The number of rotatable bonds is 6. The number of likely N-dealkylation sites (tertiary alicyclic amines) is 1. The van der Waals surface area contributed by atoms with Crippen LogP contribution in [0.4, 0.5) is 0 Å². The summed E-state index contributed by atoms with van der Waals surface area (Å²) in [6.45, 7) is 7.12. The zero-order valence-electron chi connectivity index (χ0n) is 11.1. The van der Waals surface area contributed by atoms with Gasteiger partial charge in [0, 0.05) is 18.5 Å². The van der Waals surface area contributed by atoms with Gasteiger partial charge in [-0.1, -0.05) is 0 Å². The normalized spacial score (nSPS) is 25.8. The Labute approximate surface area is 105 Å². The summed E-state index contributed by atoms with van der Waals surface area (Å²) in [5.74, 6) is 0.921. The van der Waals surface area contributed by atoms with Crippen LogP contribution in [0.1, 0.15) is 19.3 Å². The highest BCUT2D eigenvalue weighted by molar-refractivity contribution is 4.88. The first kappa shape index (κ1) is 13.3. The second-order valence-electron chi connectivity index (χ2n) is 5.91. The molecule has 4 nitrogen and oxygen atoms in total. The van der Waals surface area contributed by atoms with Gasteiger partial charge in [0.15, 0.2) is 0 Å². The van der Waals surface area contributed by atoms with E-state index < -0.39 is 0 Å². The molecule has 100 valence electrons. The highest BCUT2D eigenvalue weighted by atomic mass is 16.5. The maximum Gasteiger partial charge on any atom is 0.0569 e. The van der Waals surface area contributed by atoms with Crippen molar-refractivity contribution in [2.45, 2.75) is 19.3 Å². The minimum Gasteiger partial charge on any atom is -0.380 e. The van der Waals surface area contributed by atoms with Crippen LogP contribution in [0, 0.1) is 11.3 Å². The van der Waals surface area contributed by atoms with Gasteiger partial charge in [-0.3, -0.25) is 0 Å². The molecule has 3 N–H and O–H groups in total. The third-order valence-corrected chi connectivity index (χ3v) is 4.32. The fourth-order valence-corrected chi connectivity index (χ4v) is 2.69. The second kappa shape index (κ2) is 6.14. The average molecular weight is 241 g/mol. The molecule has 0 spiro atoms. The number of nitrogens with two attached hydrogens (primary N) is 1. The van der Waals surface area contributed by atoms with Crippen molar-refractivity contribution in [3.8, 4) is 0 Å². The van der Waals surface area contributed by atoms with Crippen molar-refractivity contribution >= 4 is 0 Å². The van der Waals surface area contributed by atoms with E-state index in [0.29, 0.717) is 0 Å². The van der Waals surface area contributed by atoms with E-state index >= 15 is 0 Å². The number of piperidine rings is 1. The van der Waals surface area contributed by atoms with E-state index in [1.165, 1.54) is 32.4 Å². The van der Waals surface area contributed by atoms with Crippen LogP contribution in [0.3, 0.4) is 0 Å². The lowest BCUT2D eigenvalue weighted by molar-refractivity contribution is -0.104. The fraction of sp³-hybridized carbons (Fsp3) is 1.00. The molecule has 2 fully saturated rings. The van der Waals surface area contributed by atoms with Crippen LogP contribution in [0.15, 0.2) is 0 Å². The van der Waals surface area contributed by atoms with E-state index in [-0.39, 0.29) is 5.41 Å². The molecule has 0 aromatic heterocycles. The quantitative estimate of drug-likeness (QED) is 0.656. The van der Waals surface area contributed by atoms with E-state index in [0.717, 1.165) is 38.8 Å². The van der Waals surface area contributed by atoms with Crippen LogP contribution in [-0.2, 0) is 4.74 Å². The molecule has 0 atom stereocenters. The number of hydrogen-bond donors (Lipinski definition) is 2. The molecule has 2 rings (SSSR count). The van der Waals surface area contributed by atoms with Crippen molar-refractivity contribution in [2.75, 3.05) is 53.0 Å². The van der Waals surface area contributed by atoms with Crippen LogP contribution in [0.5, 0.6) is 0 Å². The van der Waals surface area contributed by atoms with Crippen molar-refractivity contribution in [2.24, 2.45) is 17.1 Å². The molecule has 4 heteroatoms. The molecule has 0 saturated carbocycles. The number of nitrogens with zero attached hydrogens (tertiary/aromatic N) is 1. The predicted octanol–water partition coefficient (Wildman–Crippen LogP) is 0.283. The Balaban J connectivity index is 1.54. The Bertz CT molecular complexity index is 217. The molecular formula is C13H27N3O. The number of hydrogen-bond acceptors (Lipinski definition) is 4. The van der Waals surface area contributed by atoms with Gasteiger partial charge in [0.2, 0.25) is 0 Å². The van der Waals surface area contributed by atoms with Gasteiger partial charge in [0.25, 0.3) is 0 Å². The first-order valence-corrected chi connectivity index (χ1v) is 6.91. The summed E-state index contributed by atoms with van der Waals surface area (Å²) < 4.78 is 5.26. The molecule has 0 radical (unpaired) electrons. The summed E-state index contributed by atoms with van der Waals surface area (Å²) in [5, 5.41) is 3.56. The van der Waals surface area contributed by atoms with Crippen LogP contribution < -0.4 is 11.1 Å². The Kier molecular flexibility index (Phi) is 4.79. The smallest absolute Gasteiger partial charge is 0.0569 e. The first-order chi connectivity index (χ1) is 8.24. The molecule has 17 heavy (non-hydrogen) atoms. The highest BCUT2D eigenvalue weighted by Gasteiger charge is 2.36. The molecular weight excluding hydrogens is 214 g/mol. The molecule has 2 heterocycles. The van der Waals surface area contributed by atoms with Crippen LogP contribution in [0.2, 0.25) is 0 Å². The Morgan fingerprint density at radius 2 is 2.06 bits per heavy atom. The van der Waals surface area contributed by atoms with E-state index in [1.807, 2.05) is 0 Å². The molecule has 0 bridgehead atoms. The average Bonchev–Trinajstić information content (AvgIpc) is 2.30. The van der Waals surface area contributed by atoms with Crippen molar-refractivity contribution in [1.29, 1.82) is 0 Å². The van der Waals surface area contributed by atoms with Crippen LogP contribution in [-0.4, -0.2) is 57.9 Å². The maximum atomic E-state index is 5.78. The maximum absolute atomic E-state index is 5.78. The van der Waals surface area contributed by atoms with Gasteiger partial charge in [-0.2, -0.15) is 0 Å². The molecule has 0 aromatic carbocycles. The number of ether oxygens (including phenoxy) is 1. The van der Waals surface area contributed by atoms with Crippen molar-refractivity contribution in [1.82, 2.24) is 10.2 Å². The lowest BCUT2D eigenvalue weighted by Gasteiger charge is -2.40. The van der Waals surface area contributed by atoms with Gasteiger partial charge in [-0.25, -0.2) is 0 Å². The summed E-state index contributed by atoms with van der Waals surface area (Å²) in [6.07, 6.45) is 4.04. The monoisotopic (exact) mass is 241 g/mol. The van der Waals surface area contributed by atoms with Crippen molar-refractivity contribution in [3.63, 3.8) is 0 Å². The molecule has 0 aliphatic carbocycles. The number of nitrogens with one attached hydrogen (secondary N) is 1. The van der Waals surface area contributed by atoms with E-state index in [9.17, 15) is 0 Å². The Hall–Kier alpha value is -0.160. The zero-order valence-corrected chi connectivity index (χ0v) is 11.1. The van der Waals surface area contributed by atoms with Crippen LogP contribution >= 0.6 is 0 Å². The SMILES string of the molecule is CN1CCC(CCNCC2(CN)COC2)CC1. The summed E-state index contributed by atoms with van der Waals surface area (Å²) in [4.78, 5) is 2.43. The first-order valence-electron chi connectivity index (χ1n) is 6.91. The van der Waals surface area contributed by atoms with Crippen molar-refractivity contribution in [3.05, 3.63) is 0 Å². The van der Waals surface area contributed by atoms with Gasteiger partial charge < -0.3 is 20.7 Å². The fourth-order valence-electron chi connectivity index (χ4n) is 2.69. The van der Waals surface area contributed by atoms with Crippen LogP contribution in [0.25, 0.3) is 0 Å². The standard InChI is InChI=1S/C13H27N3O/c1-16-6-3-12(4-7-16)2-5-15-9-13(8-14)10-17-11-13/h12,15H,2-11,14H2,1H3. The van der Waals surface area contributed by atoms with Crippen molar-refractivity contribution < 1.29 is 4.74 Å². The summed E-state index contributed by atoms with van der Waals surface area (Å²) in [6, 6.07) is 0. The lowest BCUT2D eigenvalue weighted by Crippen LogP contribution is -2.54. The van der Waals surface area contributed by atoms with Gasteiger partial charge in [-0.05, 0) is 51.9 Å². The highest BCUT2D eigenvalue weighted by Crippen LogP contribution is 2.25. The molecule has 0 unspecified atom stereocenters.